The van der Waals surface area contributed by atoms with Gasteiger partial charge in [0, 0.05) is 17.4 Å². The molecule has 1 aliphatic rings. The van der Waals surface area contributed by atoms with Crippen molar-refractivity contribution in [1.82, 2.24) is 4.90 Å². The molecule has 1 fully saturated rings. The van der Waals surface area contributed by atoms with Crippen LogP contribution in [-0.2, 0) is 0 Å². The minimum absolute atomic E-state index is 0.0677. The number of hydrogen-bond donors (Lipinski definition) is 0. The topological polar surface area (TPSA) is 20.3 Å². The van der Waals surface area contributed by atoms with Gasteiger partial charge < -0.3 is 4.90 Å². The molecule has 1 aliphatic heterocycles. The Hall–Kier alpha value is -0.680. The number of carbonyl (C=O) groups is 1. The second-order valence-electron chi connectivity index (χ2n) is 3.96. The summed E-state index contributed by atoms with van der Waals surface area (Å²) in [6, 6.07) is 4.77. The van der Waals surface area contributed by atoms with E-state index < -0.39 is 18.4 Å². The SMILES string of the molecule is O=C(c1ccc(Br)cc1Cl)N1CCC(F)(F)C1. The Morgan fingerprint density at radius 2 is 2.18 bits per heavy atom. The third-order valence-corrected chi connectivity index (χ3v) is 3.42. The molecule has 0 atom stereocenters. The summed E-state index contributed by atoms with van der Waals surface area (Å²) >= 11 is 9.13. The summed E-state index contributed by atoms with van der Waals surface area (Å²) in [5.74, 6) is -3.23. The highest BCUT2D eigenvalue weighted by atomic mass is 79.9. The van der Waals surface area contributed by atoms with Gasteiger partial charge in [-0.25, -0.2) is 8.78 Å². The molecule has 0 N–H and O–H groups in total. The standard InChI is InChI=1S/C11H9BrClF2NO/c12-7-1-2-8(9(13)5-7)10(17)16-4-3-11(14,15)6-16/h1-2,5H,3-4,6H2. The van der Waals surface area contributed by atoms with E-state index in [1.54, 1.807) is 12.1 Å². The van der Waals surface area contributed by atoms with Crippen LogP contribution < -0.4 is 0 Å². The molecule has 17 heavy (non-hydrogen) atoms. The third-order valence-electron chi connectivity index (χ3n) is 2.62. The van der Waals surface area contributed by atoms with E-state index >= 15 is 0 Å². The lowest BCUT2D eigenvalue weighted by molar-refractivity contribution is 0.0120. The maximum absolute atomic E-state index is 13.0. The number of amides is 1. The Morgan fingerprint density at radius 1 is 1.47 bits per heavy atom. The van der Waals surface area contributed by atoms with Gasteiger partial charge in [0.2, 0.25) is 0 Å². The molecule has 1 aromatic carbocycles. The normalized spacial score (nSPS) is 18.5. The van der Waals surface area contributed by atoms with E-state index in [9.17, 15) is 13.6 Å². The fourth-order valence-electron chi connectivity index (χ4n) is 1.74. The zero-order valence-electron chi connectivity index (χ0n) is 8.72. The van der Waals surface area contributed by atoms with Crippen molar-refractivity contribution in [3.05, 3.63) is 33.3 Å². The van der Waals surface area contributed by atoms with Gasteiger partial charge in [0.15, 0.2) is 0 Å². The summed E-state index contributed by atoms with van der Waals surface area (Å²) in [6.07, 6.45) is -0.285. The monoisotopic (exact) mass is 323 g/mol. The molecule has 6 heteroatoms. The Bertz CT molecular complexity index is 467. The average Bonchev–Trinajstić information content (AvgIpc) is 2.58. The molecule has 0 radical (unpaired) electrons. The van der Waals surface area contributed by atoms with Crippen LogP contribution in [0.15, 0.2) is 22.7 Å². The van der Waals surface area contributed by atoms with E-state index in [2.05, 4.69) is 15.9 Å². The molecule has 92 valence electrons. The van der Waals surface area contributed by atoms with Crippen molar-refractivity contribution < 1.29 is 13.6 Å². The number of carbonyl (C=O) groups excluding carboxylic acids is 1. The summed E-state index contributed by atoms with van der Waals surface area (Å²) < 4.78 is 26.7. The third kappa shape index (κ3) is 2.77. The van der Waals surface area contributed by atoms with Gasteiger partial charge in [-0.15, -0.1) is 0 Å². The first-order valence-electron chi connectivity index (χ1n) is 5.01. The molecule has 2 nitrogen and oxygen atoms in total. The predicted molar refractivity (Wildman–Crippen MR) is 64.6 cm³/mol. The number of benzene rings is 1. The molecule has 1 heterocycles. The van der Waals surface area contributed by atoms with E-state index in [4.69, 9.17) is 11.6 Å². The lowest BCUT2D eigenvalue weighted by atomic mass is 10.2. The van der Waals surface area contributed by atoms with Crippen molar-refractivity contribution in [1.29, 1.82) is 0 Å². The lowest BCUT2D eigenvalue weighted by Crippen LogP contribution is -2.31. The van der Waals surface area contributed by atoms with Gasteiger partial charge in [-0.05, 0) is 18.2 Å². The maximum Gasteiger partial charge on any atom is 0.267 e. The molecule has 1 aromatic rings. The highest BCUT2D eigenvalue weighted by Crippen LogP contribution is 2.29. The fourth-order valence-corrected chi connectivity index (χ4v) is 2.50. The van der Waals surface area contributed by atoms with Gasteiger partial charge in [0.1, 0.15) is 0 Å². The number of nitrogens with zero attached hydrogens (tertiary/aromatic N) is 1. The molecule has 1 saturated heterocycles. The van der Waals surface area contributed by atoms with Crippen LogP contribution in [0.4, 0.5) is 8.78 Å². The summed E-state index contributed by atoms with van der Waals surface area (Å²) in [5.41, 5.74) is 0.257. The molecule has 0 saturated carbocycles. The molecule has 0 aliphatic carbocycles. The minimum atomic E-state index is -2.78. The Kier molecular flexibility index (Phi) is 3.41. The molecule has 1 amide bonds. The molecule has 2 rings (SSSR count). The first-order valence-corrected chi connectivity index (χ1v) is 6.18. The molecule has 0 bridgehead atoms. The van der Waals surface area contributed by atoms with Crippen LogP contribution in [0.25, 0.3) is 0 Å². The van der Waals surface area contributed by atoms with Crippen LogP contribution in [0, 0.1) is 0 Å². The predicted octanol–water partition coefficient (Wildman–Crippen LogP) is 3.58. The first-order chi connectivity index (χ1) is 7.89. The van der Waals surface area contributed by atoms with E-state index in [0.717, 1.165) is 9.37 Å². The van der Waals surface area contributed by atoms with Crippen LogP contribution >= 0.6 is 27.5 Å². The molecule has 0 spiro atoms. The Morgan fingerprint density at radius 3 is 2.71 bits per heavy atom. The van der Waals surface area contributed by atoms with E-state index in [1.807, 2.05) is 0 Å². The fraction of sp³-hybridized carbons (Fsp3) is 0.364. The van der Waals surface area contributed by atoms with Crippen molar-refractivity contribution in [2.75, 3.05) is 13.1 Å². The number of halogens is 4. The Labute approximate surface area is 111 Å². The van der Waals surface area contributed by atoms with E-state index in [1.165, 1.54) is 6.07 Å². The van der Waals surface area contributed by atoms with Crippen LogP contribution in [0.1, 0.15) is 16.8 Å². The van der Waals surface area contributed by atoms with Crippen LogP contribution in [0.2, 0.25) is 5.02 Å². The van der Waals surface area contributed by atoms with E-state index in [-0.39, 0.29) is 23.6 Å². The van der Waals surface area contributed by atoms with Gasteiger partial charge in [-0.3, -0.25) is 4.79 Å². The van der Waals surface area contributed by atoms with E-state index in [0.29, 0.717) is 0 Å². The largest absolute Gasteiger partial charge is 0.332 e. The average molecular weight is 325 g/mol. The van der Waals surface area contributed by atoms with Crippen LogP contribution in [-0.4, -0.2) is 29.8 Å². The maximum atomic E-state index is 13.0. The summed E-state index contributed by atoms with van der Waals surface area (Å²) in [4.78, 5) is 13.1. The van der Waals surface area contributed by atoms with Gasteiger partial charge in [-0.1, -0.05) is 27.5 Å². The Balaban J connectivity index is 2.21. The minimum Gasteiger partial charge on any atom is -0.332 e. The van der Waals surface area contributed by atoms with Crippen molar-refractivity contribution in [2.45, 2.75) is 12.3 Å². The van der Waals surface area contributed by atoms with Gasteiger partial charge in [0.25, 0.3) is 11.8 Å². The second-order valence-corrected chi connectivity index (χ2v) is 5.28. The zero-order valence-corrected chi connectivity index (χ0v) is 11.1. The molecular weight excluding hydrogens is 315 g/mol. The summed E-state index contributed by atoms with van der Waals surface area (Å²) in [6.45, 7) is -0.462. The van der Waals surface area contributed by atoms with Crippen LogP contribution in [0.3, 0.4) is 0 Å². The lowest BCUT2D eigenvalue weighted by Gasteiger charge is -2.16. The number of hydrogen-bond acceptors (Lipinski definition) is 1. The summed E-state index contributed by atoms with van der Waals surface area (Å²) in [7, 11) is 0. The van der Waals surface area contributed by atoms with Gasteiger partial charge in [0.05, 0.1) is 17.1 Å². The quantitative estimate of drug-likeness (QED) is 0.773. The molecule has 0 aromatic heterocycles. The van der Waals surface area contributed by atoms with Crippen molar-refractivity contribution in [2.24, 2.45) is 0 Å². The van der Waals surface area contributed by atoms with Crippen molar-refractivity contribution in [3.63, 3.8) is 0 Å². The second kappa shape index (κ2) is 4.53. The van der Waals surface area contributed by atoms with Crippen molar-refractivity contribution >= 4 is 33.4 Å². The van der Waals surface area contributed by atoms with Crippen LogP contribution in [0.5, 0.6) is 0 Å². The van der Waals surface area contributed by atoms with Gasteiger partial charge in [-0.2, -0.15) is 0 Å². The zero-order chi connectivity index (χ0) is 12.6. The number of alkyl halides is 2. The smallest absolute Gasteiger partial charge is 0.267 e. The van der Waals surface area contributed by atoms with Crippen molar-refractivity contribution in [3.8, 4) is 0 Å². The first kappa shape index (κ1) is 12.8. The summed E-state index contributed by atoms with van der Waals surface area (Å²) in [5, 5.41) is 0.264. The van der Waals surface area contributed by atoms with Gasteiger partial charge >= 0.3 is 0 Å². The molecular formula is C11H9BrClF2NO. The number of likely N-dealkylation sites (tertiary alicyclic amines) is 1. The highest BCUT2D eigenvalue weighted by molar-refractivity contribution is 9.10. The number of rotatable bonds is 1. The molecule has 0 unspecified atom stereocenters. The highest BCUT2D eigenvalue weighted by Gasteiger charge is 2.40.